The van der Waals surface area contributed by atoms with Crippen molar-refractivity contribution in [3.8, 4) is 5.75 Å². The number of fused-ring (bicyclic) bond motifs is 3. The molecule has 0 amide bonds. The molecule has 2 aromatic rings. The number of aromatic amines is 1. The lowest BCUT2D eigenvalue weighted by molar-refractivity contribution is 0.415. The number of hydrogen-bond donors (Lipinski definition) is 2. The first-order valence-corrected chi connectivity index (χ1v) is 6.19. The predicted octanol–water partition coefficient (Wildman–Crippen LogP) is 2.25. The van der Waals surface area contributed by atoms with Gasteiger partial charge in [0.05, 0.1) is 7.11 Å². The van der Waals surface area contributed by atoms with E-state index >= 15 is 0 Å². The molecule has 2 N–H and O–H groups in total. The molecule has 17 heavy (non-hydrogen) atoms. The van der Waals surface area contributed by atoms with Crippen LogP contribution < -0.4 is 10.1 Å². The fraction of sp³-hybridized carbons (Fsp3) is 0.429. The van der Waals surface area contributed by atoms with Crippen molar-refractivity contribution in [3.63, 3.8) is 0 Å². The third-order valence-electron chi connectivity index (χ3n) is 3.58. The van der Waals surface area contributed by atoms with Crippen molar-refractivity contribution in [1.29, 1.82) is 0 Å². The number of benzene rings is 1. The van der Waals surface area contributed by atoms with Gasteiger partial charge in [0.1, 0.15) is 5.75 Å². The van der Waals surface area contributed by atoms with Crippen LogP contribution in [0.2, 0.25) is 0 Å². The highest BCUT2D eigenvalue weighted by molar-refractivity contribution is 5.86. The van der Waals surface area contributed by atoms with Crippen molar-refractivity contribution in [3.05, 3.63) is 29.5 Å². The zero-order valence-corrected chi connectivity index (χ0v) is 10.3. The second-order valence-electron chi connectivity index (χ2n) is 4.80. The highest BCUT2D eigenvalue weighted by Gasteiger charge is 2.17. The highest BCUT2D eigenvalue weighted by atomic mass is 16.5. The van der Waals surface area contributed by atoms with Gasteiger partial charge in [0, 0.05) is 35.6 Å². The Bertz CT molecular complexity index is 544. The maximum absolute atomic E-state index is 5.31. The van der Waals surface area contributed by atoms with E-state index in [1.807, 2.05) is 6.07 Å². The van der Waals surface area contributed by atoms with Crippen LogP contribution in [0.3, 0.4) is 0 Å². The van der Waals surface area contributed by atoms with E-state index in [2.05, 4.69) is 29.4 Å². The van der Waals surface area contributed by atoms with Crippen LogP contribution in [0.25, 0.3) is 10.9 Å². The molecule has 2 heterocycles. The fourth-order valence-electron chi connectivity index (χ4n) is 2.68. The summed E-state index contributed by atoms with van der Waals surface area (Å²) in [5.74, 6) is 0.934. The number of aromatic nitrogens is 1. The molecule has 0 saturated heterocycles. The molecule has 1 aliphatic heterocycles. The van der Waals surface area contributed by atoms with Crippen molar-refractivity contribution in [2.24, 2.45) is 0 Å². The van der Waals surface area contributed by atoms with E-state index < -0.39 is 0 Å². The fourth-order valence-corrected chi connectivity index (χ4v) is 2.68. The number of nitrogens with one attached hydrogen (secondary N) is 2. The first-order chi connectivity index (χ1) is 8.28. The van der Waals surface area contributed by atoms with Gasteiger partial charge >= 0.3 is 0 Å². The quantitative estimate of drug-likeness (QED) is 0.788. The topological polar surface area (TPSA) is 37.0 Å². The Morgan fingerprint density at radius 1 is 1.35 bits per heavy atom. The Balaban J connectivity index is 2.17. The summed E-state index contributed by atoms with van der Waals surface area (Å²) in [6.45, 7) is 3.30. The molecule has 0 bridgehead atoms. The molecule has 3 heteroatoms. The van der Waals surface area contributed by atoms with Crippen LogP contribution >= 0.6 is 0 Å². The molecular weight excluding hydrogens is 212 g/mol. The first kappa shape index (κ1) is 10.7. The lowest BCUT2D eigenvalue weighted by Gasteiger charge is -2.09. The van der Waals surface area contributed by atoms with Crippen LogP contribution in [-0.4, -0.2) is 24.7 Å². The minimum absolute atomic E-state index is 0.543. The largest absolute Gasteiger partial charge is 0.497 e. The molecule has 90 valence electrons. The number of H-pyrrole nitrogens is 1. The van der Waals surface area contributed by atoms with E-state index in [-0.39, 0.29) is 0 Å². The number of ether oxygens (including phenoxy) is 1. The summed E-state index contributed by atoms with van der Waals surface area (Å²) in [6.07, 6.45) is 2.17. The van der Waals surface area contributed by atoms with Gasteiger partial charge in [-0.1, -0.05) is 0 Å². The average molecular weight is 230 g/mol. The van der Waals surface area contributed by atoms with Gasteiger partial charge in [-0.25, -0.2) is 0 Å². The Morgan fingerprint density at radius 2 is 2.24 bits per heavy atom. The summed E-state index contributed by atoms with van der Waals surface area (Å²) in [5.41, 5.74) is 4.06. The van der Waals surface area contributed by atoms with Gasteiger partial charge in [-0.2, -0.15) is 0 Å². The lowest BCUT2D eigenvalue weighted by atomic mass is 10.0. The SMILES string of the molecule is COc1ccc2[nH]c3c(c2c1)CC(C)NCC3. The molecule has 1 aromatic heterocycles. The molecule has 1 aliphatic rings. The summed E-state index contributed by atoms with van der Waals surface area (Å²) in [6, 6.07) is 6.81. The Kier molecular flexibility index (Phi) is 2.56. The highest BCUT2D eigenvalue weighted by Crippen LogP contribution is 2.28. The van der Waals surface area contributed by atoms with Gasteiger partial charge in [0.2, 0.25) is 0 Å². The predicted molar refractivity (Wildman–Crippen MR) is 69.7 cm³/mol. The zero-order valence-electron chi connectivity index (χ0n) is 10.3. The molecule has 0 aliphatic carbocycles. The molecule has 0 fully saturated rings. The van der Waals surface area contributed by atoms with Crippen LogP contribution in [0.4, 0.5) is 0 Å². The molecule has 3 rings (SSSR count). The summed E-state index contributed by atoms with van der Waals surface area (Å²) < 4.78 is 5.31. The Hall–Kier alpha value is -1.48. The second kappa shape index (κ2) is 4.08. The maximum atomic E-state index is 5.31. The van der Waals surface area contributed by atoms with Crippen LogP contribution in [0.15, 0.2) is 18.2 Å². The number of rotatable bonds is 1. The van der Waals surface area contributed by atoms with Crippen molar-refractivity contribution >= 4 is 10.9 Å². The van der Waals surface area contributed by atoms with Gasteiger partial charge < -0.3 is 15.0 Å². The van der Waals surface area contributed by atoms with Gasteiger partial charge in [-0.15, -0.1) is 0 Å². The summed E-state index contributed by atoms with van der Waals surface area (Å²) in [4.78, 5) is 3.53. The van der Waals surface area contributed by atoms with E-state index in [0.29, 0.717) is 6.04 Å². The van der Waals surface area contributed by atoms with Crippen LogP contribution in [0, 0.1) is 0 Å². The van der Waals surface area contributed by atoms with Crippen molar-refractivity contribution < 1.29 is 4.74 Å². The number of methoxy groups -OCH3 is 1. The molecule has 1 atom stereocenters. The molecule has 0 spiro atoms. The molecule has 1 unspecified atom stereocenters. The smallest absolute Gasteiger partial charge is 0.119 e. The van der Waals surface area contributed by atoms with Crippen LogP contribution in [-0.2, 0) is 12.8 Å². The molecule has 0 radical (unpaired) electrons. The number of hydrogen-bond acceptors (Lipinski definition) is 2. The van der Waals surface area contributed by atoms with Crippen molar-refractivity contribution in [2.75, 3.05) is 13.7 Å². The third kappa shape index (κ3) is 1.80. The van der Waals surface area contributed by atoms with Gasteiger partial charge in [-0.3, -0.25) is 0 Å². The first-order valence-electron chi connectivity index (χ1n) is 6.19. The van der Waals surface area contributed by atoms with E-state index in [0.717, 1.165) is 25.1 Å². The van der Waals surface area contributed by atoms with E-state index in [4.69, 9.17) is 4.74 Å². The lowest BCUT2D eigenvalue weighted by Crippen LogP contribution is -2.27. The summed E-state index contributed by atoms with van der Waals surface area (Å²) >= 11 is 0. The Morgan fingerprint density at radius 3 is 3.06 bits per heavy atom. The normalized spacial score (nSPS) is 20.0. The Labute approximate surface area is 101 Å². The van der Waals surface area contributed by atoms with E-state index in [1.165, 1.54) is 22.2 Å². The minimum Gasteiger partial charge on any atom is -0.497 e. The van der Waals surface area contributed by atoms with Gasteiger partial charge in [0.25, 0.3) is 0 Å². The molecule has 0 saturated carbocycles. The maximum Gasteiger partial charge on any atom is 0.119 e. The van der Waals surface area contributed by atoms with Gasteiger partial charge in [0.15, 0.2) is 0 Å². The molecule has 3 nitrogen and oxygen atoms in total. The zero-order chi connectivity index (χ0) is 11.8. The molecular formula is C14H18N2O. The second-order valence-corrected chi connectivity index (χ2v) is 4.80. The standard InChI is InChI=1S/C14H18N2O/c1-9-7-11-12-8-10(17-2)3-4-13(12)16-14(11)5-6-15-9/h3-4,8-9,15-16H,5-7H2,1-2H3. The third-order valence-corrected chi connectivity index (χ3v) is 3.58. The molecule has 1 aromatic carbocycles. The monoisotopic (exact) mass is 230 g/mol. The van der Waals surface area contributed by atoms with E-state index in [9.17, 15) is 0 Å². The summed E-state index contributed by atoms with van der Waals surface area (Å²) in [5, 5.41) is 4.83. The minimum atomic E-state index is 0.543. The van der Waals surface area contributed by atoms with Crippen molar-refractivity contribution in [1.82, 2.24) is 10.3 Å². The van der Waals surface area contributed by atoms with Crippen molar-refractivity contribution in [2.45, 2.75) is 25.8 Å². The van der Waals surface area contributed by atoms with Gasteiger partial charge in [-0.05, 0) is 37.1 Å². The summed E-state index contributed by atoms with van der Waals surface area (Å²) in [7, 11) is 1.72. The van der Waals surface area contributed by atoms with Crippen LogP contribution in [0.1, 0.15) is 18.2 Å². The van der Waals surface area contributed by atoms with Crippen LogP contribution in [0.5, 0.6) is 5.75 Å². The average Bonchev–Trinajstić information content (AvgIpc) is 2.55. The van der Waals surface area contributed by atoms with E-state index in [1.54, 1.807) is 7.11 Å².